The highest BCUT2D eigenvalue weighted by molar-refractivity contribution is 7.99. The van der Waals surface area contributed by atoms with Gasteiger partial charge in [0.05, 0.1) is 17.5 Å². The number of rotatable bonds is 7. The third-order valence-electron chi connectivity index (χ3n) is 7.99. The number of carboxylic acid groups (broad SMARTS) is 1. The number of hydrogen-bond donors (Lipinski definition) is 3. The molecule has 2 aliphatic heterocycles. The SMILES string of the molecule is C#CCO[C@@H]1Cc2ccccc2[C@@H]1NC(=O)[C@H]1N2C(=O)[C@@H](NC(=O)C(C)N(C)C(=O)O)CCS[C@H]2CC1(C)C. The molecular formula is C28H36N4O6S. The van der Waals surface area contributed by atoms with Gasteiger partial charge in [0.15, 0.2) is 0 Å². The average Bonchev–Trinajstić information content (AvgIpc) is 3.33. The Morgan fingerprint density at radius 3 is 2.72 bits per heavy atom. The van der Waals surface area contributed by atoms with Crippen molar-refractivity contribution in [2.45, 2.75) is 75.7 Å². The van der Waals surface area contributed by atoms with Crippen molar-refractivity contribution < 1.29 is 29.0 Å². The minimum Gasteiger partial charge on any atom is -0.465 e. The fraction of sp³-hybridized carbons (Fsp3) is 0.571. The fourth-order valence-electron chi connectivity index (χ4n) is 5.76. The second kappa shape index (κ2) is 11.5. The van der Waals surface area contributed by atoms with E-state index in [-0.39, 0.29) is 29.9 Å². The first-order valence-corrected chi connectivity index (χ1v) is 14.1. The van der Waals surface area contributed by atoms with E-state index in [0.717, 1.165) is 16.0 Å². The van der Waals surface area contributed by atoms with E-state index < -0.39 is 41.6 Å². The summed E-state index contributed by atoms with van der Waals surface area (Å²) in [7, 11) is 1.30. The number of hydrogen-bond acceptors (Lipinski definition) is 6. The number of nitrogens with zero attached hydrogens (tertiary/aromatic N) is 2. The summed E-state index contributed by atoms with van der Waals surface area (Å²) in [6.45, 7) is 5.55. The normalized spacial score (nSPS) is 27.9. The van der Waals surface area contributed by atoms with Crippen LogP contribution < -0.4 is 10.6 Å². The van der Waals surface area contributed by atoms with Gasteiger partial charge >= 0.3 is 6.09 Å². The van der Waals surface area contributed by atoms with Gasteiger partial charge in [0.1, 0.15) is 24.7 Å². The van der Waals surface area contributed by atoms with Crippen LogP contribution in [0.2, 0.25) is 0 Å². The largest absolute Gasteiger partial charge is 0.465 e. The molecule has 11 heteroatoms. The molecule has 0 spiro atoms. The summed E-state index contributed by atoms with van der Waals surface area (Å²) in [6.07, 6.45) is 5.49. The van der Waals surface area contributed by atoms with E-state index in [4.69, 9.17) is 11.2 Å². The van der Waals surface area contributed by atoms with Crippen LogP contribution in [0.15, 0.2) is 24.3 Å². The maximum atomic E-state index is 14.0. The molecule has 1 aliphatic carbocycles. The van der Waals surface area contributed by atoms with Crippen molar-refractivity contribution in [2.75, 3.05) is 19.4 Å². The first-order valence-electron chi connectivity index (χ1n) is 13.1. The van der Waals surface area contributed by atoms with E-state index in [1.807, 2.05) is 38.1 Å². The molecule has 0 bridgehead atoms. The first-order chi connectivity index (χ1) is 18.5. The van der Waals surface area contributed by atoms with Crippen LogP contribution in [0.25, 0.3) is 0 Å². The Bertz CT molecular complexity index is 1180. The van der Waals surface area contributed by atoms with Crippen molar-refractivity contribution in [3.05, 3.63) is 35.4 Å². The number of ether oxygens (including phenoxy) is 1. The maximum absolute atomic E-state index is 14.0. The van der Waals surface area contributed by atoms with Gasteiger partial charge in [-0.1, -0.05) is 44.0 Å². The smallest absolute Gasteiger partial charge is 0.407 e. The molecule has 4 amide bonds. The third-order valence-corrected chi connectivity index (χ3v) is 9.24. The van der Waals surface area contributed by atoms with E-state index in [1.165, 1.54) is 14.0 Å². The number of fused-ring (bicyclic) bond motifs is 2. The topological polar surface area (TPSA) is 128 Å². The average molecular weight is 557 g/mol. The Kier molecular flexibility index (Phi) is 8.47. The number of nitrogens with one attached hydrogen (secondary N) is 2. The summed E-state index contributed by atoms with van der Waals surface area (Å²) in [5.41, 5.74) is 1.53. The van der Waals surface area contributed by atoms with Crippen LogP contribution in [0.4, 0.5) is 4.79 Å². The molecule has 2 saturated heterocycles. The molecule has 6 atom stereocenters. The predicted molar refractivity (Wildman–Crippen MR) is 147 cm³/mol. The van der Waals surface area contributed by atoms with E-state index in [0.29, 0.717) is 25.0 Å². The van der Waals surface area contributed by atoms with Gasteiger partial charge in [-0.2, -0.15) is 0 Å². The lowest BCUT2D eigenvalue weighted by atomic mass is 9.83. The van der Waals surface area contributed by atoms with Crippen molar-refractivity contribution in [1.82, 2.24) is 20.4 Å². The van der Waals surface area contributed by atoms with E-state index in [9.17, 15) is 24.3 Å². The van der Waals surface area contributed by atoms with Crippen LogP contribution in [0.5, 0.6) is 0 Å². The third kappa shape index (κ3) is 5.72. The molecule has 3 N–H and O–H groups in total. The first kappa shape index (κ1) is 28.8. The molecule has 0 aromatic heterocycles. The van der Waals surface area contributed by atoms with Crippen molar-refractivity contribution in [3.8, 4) is 12.3 Å². The molecule has 1 aromatic rings. The van der Waals surface area contributed by atoms with Crippen LogP contribution in [-0.4, -0.2) is 87.7 Å². The second-order valence-electron chi connectivity index (χ2n) is 11.0. The summed E-state index contributed by atoms with van der Waals surface area (Å²) in [6, 6.07) is 4.84. The molecule has 1 aromatic carbocycles. The van der Waals surface area contributed by atoms with E-state index in [1.54, 1.807) is 16.7 Å². The molecule has 4 rings (SSSR count). The van der Waals surface area contributed by atoms with Gasteiger partial charge in [-0.05, 0) is 42.1 Å². The monoisotopic (exact) mass is 556 g/mol. The number of carbonyl (C=O) groups is 4. The zero-order chi connectivity index (χ0) is 28.5. The highest BCUT2D eigenvalue weighted by Crippen LogP contribution is 2.46. The molecule has 0 saturated carbocycles. The van der Waals surface area contributed by atoms with Crippen LogP contribution in [0.1, 0.15) is 50.8 Å². The lowest BCUT2D eigenvalue weighted by molar-refractivity contribution is -0.144. The van der Waals surface area contributed by atoms with Crippen LogP contribution >= 0.6 is 11.8 Å². The number of carbonyl (C=O) groups excluding carboxylic acids is 3. The Morgan fingerprint density at radius 1 is 1.31 bits per heavy atom. The molecule has 10 nitrogen and oxygen atoms in total. The number of amides is 4. The Morgan fingerprint density at radius 2 is 2.03 bits per heavy atom. The highest BCUT2D eigenvalue weighted by atomic mass is 32.2. The van der Waals surface area contributed by atoms with Crippen LogP contribution in [0.3, 0.4) is 0 Å². The van der Waals surface area contributed by atoms with Gasteiger partial charge in [-0.25, -0.2) is 4.79 Å². The summed E-state index contributed by atoms with van der Waals surface area (Å²) in [5.74, 6) is 1.94. The van der Waals surface area contributed by atoms with Crippen LogP contribution in [-0.2, 0) is 25.5 Å². The standard InChI is InChI=1S/C28H36N4O6S/c1-6-12-38-20-14-17-9-7-8-10-18(17)22(20)30-25(34)23-28(3,4)15-21-32(23)26(35)19(11-13-39-21)29-24(33)16(2)31(5)27(36)37/h1,7-10,16,19-23H,11-15H2,2-5H3,(H,29,33)(H,30,34)(H,36,37)/t16?,19-,20+,21-,22-,23+/m0/s1. The molecule has 0 radical (unpaired) electrons. The number of benzene rings is 1. The van der Waals surface area contributed by atoms with Gasteiger partial charge in [-0.15, -0.1) is 18.2 Å². The molecule has 2 fully saturated rings. The lowest BCUT2D eigenvalue weighted by Crippen LogP contribution is -2.58. The van der Waals surface area contributed by atoms with Gasteiger partial charge in [-0.3, -0.25) is 19.3 Å². The minimum atomic E-state index is -1.24. The number of terminal acetylenes is 1. The quantitative estimate of drug-likeness (QED) is 0.438. The molecule has 3 aliphatic rings. The predicted octanol–water partition coefficient (Wildman–Crippen LogP) is 1.99. The van der Waals surface area contributed by atoms with Crippen LogP contribution in [0, 0.1) is 17.8 Å². The molecule has 210 valence electrons. The maximum Gasteiger partial charge on any atom is 0.407 e. The van der Waals surface area contributed by atoms with Crippen molar-refractivity contribution in [2.24, 2.45) is 5.41 Å². The fourth-order valence-corrected chi connectivity index (χ4v) is 7.33. The lowest BCUT2D eigenvalue weighted by Gasteiger charge is -2.35. The highest BCUT2D eigenvalue weighted by Gasteiger charge is 2.55. The molecule has 39 heavy (non-hydrogen) atoms. The second-order valence-corrected chi connectivity index (χ2v) is 12.3. The molecular weight excluding hydrogens is 520 g/mol. The molecule has 1 unspecified atom stereocenters. The summed E-state index contributed by atoms with van der Waals surface area (Å²) in [5, 5.41) is 14.9. The number of thioether (sulfide) groups is 1. The van der Waals surface area contributed by atoms with Gasteiger partial charge in [0.2, 0.25) is 17.7 Å². The molecule has 2 heterocycles. The van der Waals surface area contributed by atoms with Gasteiger partial charge in [0, 0.05) is 13.5 Å². The Labute approximate surface area is 233 Å². The zero-order valence-electron chi connectivity index (χ0n) is 22.7. The minimum absolute atomic E-state index is 0.125. The van der Waals surface area contributed by atoms with Crippen molar-refractivity contribution >= 4 is 35.6 Å². The van der Waals surface area contributed by atoms with E-state index >= 15 is 0 Å². The van der Waals surface area contributed by atoms with Gasteiger partial charge < -0.3 is 25.4 Å². The van der Waals surface area contributed by atoms with Crippen molar-refractivity contribution in [3.63, 3.8) is 0 Å². The van der Waals surface area contributed by atoms with Gasteiger partial charge in [0.25, 0.3) is 0 Å². The van der Waals surface area contributed by atoms with E-state index in [2.05, 4.69) is 16.6 Å². The summed E-state index contributed by atoms with van der Waals surface area (Å²) >= 11 is 1.60. The Balaban J connectivity index is 1.56. The van der Waals surface area contributed by atoms with Crippen molar-refractivity contribution in [1.29, 1.82) is 0 Å². The Hall–Kier alpha value is -3.23. The number of likely N-dealkylation sites (N-methyl/N-ethyl adjacent to an activating group) is 1. The zero-order valence-corrected chi connectivity index (χ0v) is 23.5. The summed E-state index contributed by atoms with van der Waals surface area (Å²) < 4.78 is 5.90. The summed E-state index contributed by atoms with van der Waals surface area (Å²) in [4.78, 5) is 54.5.